The summed E-state index contributed by atoms with van der Waals surface area (Å²) in [5, 5.41) is 16.7. The van der Waals surface area contributed by atoms with Crippen molar-refractivity contribution in [1.82, 2.24) is 30.0 Å². The van der Waals surface area contributed by atoms with Crippen LogP contribution in [-0.4, -0.2) is 50.6 Å². The van der Waals surface area contributed by atoms with Gasteiger partial charge >= 0.3 is 0 Å². The first-order valence-electron chi connectivity index (χ1n) is 7.70. The summed E-state index contributed by atoms with van der Waals surface area (Å²) >= 11 is 6.32. The topological polar surface area (TPSA) is 142 Å². The van der Waals surface area contributed by atoms with Crippen LogP contribution >= 0.6 is 11.6 Å². The lowest BCUT2D eigenvalue weighted by atomic mass is 10.1. The molecule has 146 valence electrons. The second-order valence-electron chi connectivity index (χ2n) is 5.85. The van der Waals surface area contributed by atoms with Crippen LogP contribution in [-0.2, 0) is 23.9 Å². The van der Waals surface area contributed by atoms with Gasteiger partial charge in [-0.05, 0) is 28.1 Å². The van der Waals surface area contributed by atoms with Gasteiger partial charge in [0.2, 0.25) is 5.95 Å². The minimum absolute atomic E-state index is 0.0103. The molecule has 1 aromatic carbocycles. The van der Waals surface area contributed by atoms with Crippen molar-refractivity contribution in [3.8, 4) is 11.1 Å². The summed E-state index contributed by atoms with van der Waals surface area (Å²) in [6, 6.07) is 5.71. The lowest BCUT2D eigenvalue weighted by Crippen LogP contribution is -2.27. The number of carbonyl (C=O) groups excluding carboxylic acids is 1. The monoisotopic (exact) mass is 423 g/mol. The minimum atomic E-state index is -3.51. The predicted molar refractivity (Wildman–Crippen MR) is 99.8 cm³/mol. The Bertz CT molecular complexity index is 1250. The van der Waals surface area contributed by atoms with E-state index in [1.807, 2.05) is 0 Å². The average Bonchev–Trinajstić information content (AvgIpc) is 3.02. The third-order valence-electron chi connectivity index (χ3n) is 3.80. The molecule has 11 nitrogen and oxygen atoms in total. The van der Waals surface area contributed by atoms with Crippen LogP contribution < -0.4 is 10.9 Å². The zero-order chi connectivity index (χ0) is 20.6. The molecule has 1 N–H and O–H groups in total. The molecule has 0 radical (unpaired) electrons. The van der Waals surface area contributed by atoms with Crippen LogP contribution in [0.3, 0.4) is 0 Å². The highest BCUT2D eigenvalue weighted by atomic mass is 35.5. The molecule has 0 saturated carbocycles. The lowest BCUT2D eigenvalue weighted by Gasteiger charge is -2.11. The van der Waals surface area contributed by atoms with E-state index >= 15 is 0 Å². The number of anilines is 1. The normalized spacial score (nSPS) is 11.4. The summed E-state index contributed by atoms with van der Waals surface area (Å²) in [5.41, 5.74) is -0.643. The van der Waals surface area contributed by atoms with Crippen molar-refractivity contribution >= 4 is 33.3 Å². The number of aryl methyl sites for hydroxylation is 2. The van der Waals surface area contributed by atoms with Gasteiger partial charge in [0.1, 0.15) is 0 Å². The highest BCUT2D eigenvalue weighted by molar-refractivity contribution is 7.90. The van der Waals surface area contributed by atoms with Crippen molar-refractivity contribution in [3.05, 3.63) is 45.3 Å². The van der Waals surface area contributed by atoms with Gasteiger partial charge in [0.15, 0.2) is 15.5 Å². The Hall–Kier alpha value is -3.12. The second kappa shape index (κ2) is 7.13. The average molecular weight is 424 g/mol. The summed E-state index contributed by atoms with van der Waals surface area (Å²) in [7, 11) is -0.635. The summed E-state index contributed by atoms with van der Waals surface area (Å²) in [5.74, 6) is -0.684. The first-order chi connectivity index (χ1) is 13.1. The molecule has 0 saturated heterocycles. The van der Waals surface area contributed by atoms with E-state index in [2.05, 4.69) is 25.9 Å². The van der Waals surface area contributed by atoms with E-state index in [0.717, 1.165) is 10.9 Å². The van der Waals surface area contributed by atoms with Gasteiger partial charge in [-0.1, -0.05) is 28.8 Å². The van der Waals surface area contributed by atoms with Crippen molar-refractivity contribution in [3.63, 3.8) is 0 Å². The fraction of sp³-hybridized carbons (Fsp3) is 0.200. The lowest BCUT2D eigenvalue weighted by molar-refractivity contribution is 0.101. The Labute approximate surface area is 163 Å². The van der Waals surface area contributed by atoms with Crippen LogP contribution in [0.15, 0.2) is 34.0 Å². The van der Waals surface area contributed by atoms with Crippen molar-refractivity contribution < 1.29 is 13.2 Å². The maximum absolute atomic E-state index is 12.6. The molecule has 1 amide bonds. The molecule has 0 bridgehead atoms. The number of carbonyl (C=O) groups is 1. The number of rotatable bonds is 4. The van der Waals surface area contributed by atoms with E-state index in [1.165, 1.54) is 43.0 Å². The third kappa shape index (κ3) is 3.64. The summed E-state index contributed by atoms with van der Waals surface area (Å²) in [6.45, 7) is 0. The van der Waals surface area contributed by atoms with Crippen LogP contribution in [0.4, 0.5) is 5.95 Å². The van der Waals surface area contributed by atoms with Crippen molar-refractivity contribution in [2.45, 2.75) is 4.90 Å². The molecule has 0 aliphatic rings. The van der Waals surface area contributed by atoms with Crippen LogP contribution in [0, 0.1) is 0 Å². The second-order valence-corrected chi connectivity index (χ2v) is 8.24. The van der Waals surface area contributed by atoms with E-state index in [1.54, 1.807) is 0 Å². The SMILES string of the molecule is Cn1nnnc1NC(=O)c1nn(C)c(=O)c(-c2cccc(S(C)(=O)=O)c2)c1Cl. The predicted octanol–water partition coefficient (Wildman–Crippen LogP) is 0.280. The molecular weight excluding hydrogens is 410 g/mol. The first kappa shape index (κ1) is 19.6. The highest BCUT2D eigenvalue weighted by Gasteiger charge is 2.23. The molecule has 13 heteroatoms. The zero-order valence-electron chi connectivity index (χ0n) is 14.9. The number of nitrogens with one attached hydrogen (secondary N) is 1. The molecule has 0 spiro atoms. The molecule has 28 heavy (non-hydrogen) atoms. The Kier molecular flexibility index (Phi) is 5.00. The van der Waals surface area contributed by atoms with E-state index in [0.29, 0.717) is 0 Å². The van der Waals surface area contributed by atoms with Crippen LogP contribution in [0.1, 0.15) is 10.5 Å². The Balaban J connectivity index is 2.15. The highest BCUT2D eigenvalue weighted by Crippen LogP contribution is 2.28. The maximum Gasteiger partial charge on any atom is 0.280 e. The first-order valence-corrected chi connectivity index (χ1v) is 9.97. The number of benzene rings is 1. The number of amides is 1. The van der Waals surface area contributed by atoms with E-state index in [-0.39, 0.29) is 32.7 Å². The van der Waals surface area contributed by atoms with Crippen molar-refractivity contribution in [1.29, 1.82) is 0 Å². The number of aromatic nitrogens is 6. The Morgan fingerprint density at radius 2 is 1.93 bits per heavy atom. The van der Waals surface area contributed by atoms with Gasteiger partial charge < -0.3 is 0 Å². The third-order valence-corrected chi connectivity index (χ3v) is 5.27. The smallest absolute Gasteiger partial charge is 0.280 e. The van der Waals surface area contributed by atoms with Gasteiger partial charge in [-0.15, -0.1) is 0 Å². The summed E-state index contributed by atoms with van der Waals surface area (Å²) in [4.78, 5) is 25.2. The van der Waals surface area contributed by atoms with E-state index in [9.17, 15) is 18.0 Å². The Morgan fingerprint density at radius 1 is 1.21 bits per heavy atom. The minimum Gasteiger partial charge on any atom is -0.288 e. The molecule has 2 aromatic heterocycles. The number of sulfone groups is 1. The molecule has 0 atom stereocenters. The van der Waals surface area contributed by atoms with Crippen LogP contribution in [0.2, 0.25) is 5.02 Å². The number of nitrogens with zero attached hydrogens (tertiary/aromatic N) is 6. The van der Waals surface area contributed by atoms with Crippen molar-refractivity contribution in [2.24, 2.45) is 14.1 Å². The van der Waals surface area contributed by atoms with Crippen molar-refractivity contribution in [2.75, 3.05) is 11.6 Å². The van der Waals surface area contributed by atoms with Gasteiger partial charge in [-0.3, -0.25) is 14.9 Å². The molecule has 2 heterocycles. The largest absolute Gasteiger partial charge is 0.288 e. The number of hydrogen-bond donors (Lipinski definition) is 1. The zero-order valence-corrected chi connectivity index (χ0v) is 16.5. The van der Waals surface area contributed by atoms with E-state index < -0.39 is 21.3 Å². The number of tetrazole rings is 1. The summed E-state index contributed by atoms with van der Waals surface area (Å²) in [6.07, 6.45) is 1.05. The quantitative estimate of drug-likeness (QED) is 0.630. The molecule has 3 rings (SSSR count). The van der Waals surface area contributed by atoms with Gasteiger partial charge in [-0.25, -0.2) is 17.8 Å². The summed E-state index contributed by atoms with van der Waals surface area (Å²) < 4.78 is 25.8. The van der Waals surface area contributed by atoms with Gasteiger partial charge in [-0.2, -0.15) is 5.10 Å². The van der Waals surface area contributed by atoms with Crippen LogP contribution in [0.5, 0.6) is 0 Å². The molecule has 0 unspecified atom stereocenters. The van der Waals surface area contributed by atoms with Crippen LogP contribution in [0.25, 0.3) is 11.1 Å². The van der Waals surface area contributed by atoms with E-state index in [4.69, 9.17) is 11.6 Å². The fourth-order valence-electron chi connectivity index (χ4n) is 2.39. The fourth-order valence-corrected chi connectivity index (χ4v) is 3.37. The van der Waals surface area contributed by atoms with Gasteiger partial charge in [0.05, 0.1) is 15.5 Å². The molecular formula is C15H14ClN7O4S. The van der Waals surface area contributed by atoms with Gasteiger partial charge in [0.25, 0.3) is 11.5 Å². The Morgan fingerprint density at radius 3 is 2.54 bits per heavy atom. The number of hydrogen-bond acceptors (Lipinski definition) is 8. The molecule has 0 fully saturated rings. The maximum atomic E-state index is 12.6. The standard InChI is InChI=1S/C15H14ClN7O4S/c1-22-14(25)10(8-5-4-6-9(7-8)28(3,26)27)11(16)12(19-22)13(24)17-15-18-20-21-23(15)2/h4-7H,1-3H3,(H,17,18,21,24). The number of halogens is 1. The van der Waals surface area contributed by atoms with Gasteiger partial charge in [0, 0.05) is 20.4 Å². The molecule has 0 aliphatic heterocycles. The molecule has 0 aliphatic carbocycles. The molecule has 3 aromatic rings.